The van der Waals surface area contributed by atoms with Crippen LogP contribution >= 0.6 is 0 Å². The Balaban J connectivity index is 1.96. The average molecular weight is 314 g/mol. The molecular weight excluding hydrogens is 296 g/mol. The van der Waals surface area contributed by atoms with Gasteiger partial charge in [0.05, 0.1) is 5.69 Å². The van der Waals surface area contributed by atoms with Crippen LogP contribution in [0.25, 0.3) is 17.0 Å². The summed E-state index contributed by atoms with van der Waals surface area (Å²) in [7, 11) is 0. The number of aromatic nitrogens is 3. The fraction of sp³-hybridized carbons (Fsp3) is 0.100. The molecule has 0 atom stereocenters. The van der Waals surface area contributed by atoms with Gasteiger partial charge in [-0.25, -0.2) is 4.98 Å². The number of fused-ring (bicyclic) bond motifs is 1. The van der Waals surface area contributed by atoms with Crippen molar-refractivity contribution >= 4 is 17.2 Å². The van der Waals surface area contributed by atoms with Crippen LogP contribution in [0.15, 0.2) is 66.9 Å². The molecule has 0 fully saturated rings. The summed E-state index contributed by atoms with van der Waals surface area (Å²) in [4.78, 5) is 9.29. The van der Waals surface area contributed by atoms with Gasteiger partial charge in [-0.3, -0.25) is 9.38 Å². The van der Waals surface area contributed by atoms with Gasteiger partial charge in [-0.2, -0.15) is 0 Å². The molecular formula is C20H18N4. The molecule has 0 bridgehead atoms. The largest absolute Gasteiger partial charge is 0.339 e. The Morgan fingerprint density at radius 3 is 2.50 bits per heavy atom. The van der Waals surface area contributed by atoms with Crippen LogP contribution in [-0.4, -0.2) is 14.4 Å². The molecule has 1 N–H and O–H groups in total. The van der Waals surface area contributed by atoms with Gasteiger partial charge >= 0.3 is 0 Å². The lowest BCUT2D eigenvalue weighted by Crippen LogP contribution is -2.01. The number of nitrogens with one attached hydrogen (secondary N) is 1. The van der Waals surface area contributed by atoms with Crippen LogP contribution in [0.1, 0.15) is 11.3 Å². The molecule has 1 aromatic carbocycles. The van der Waals surface area contributed by atoms with Gasteiger partial charge in [-0.05, 0) is 49.7 Å². The molecule has 3 aromatic heterocycles. The third kappa shape index (κ3) is 2.42. The van der Waals surface area contributed by atoms with E-state index < -0.39 is 0 Å². The van der Waals surface area contributed by atoms with Crippen molar-refractivity contribution in [3.8, 4) is 11.4 Å². The first kappa shape index (κ1) is 14.5. The van der Waals surface area contributed by atoms with Crippen molar-refractivity contribution in [1.82, 2.24) is 14.4 Å². The minimum atomic E-state index is 0.855. The molecule has 4 aromatic rings. The summed E-state index contributed by atoms with van der Waals surface area (Å²) in [6.45, 7) is 4.18. The second-order valence-electron chi connectivity index (χ2n) is 5.82. The highest BCUT2D eigenvalue weighted by atomic mass is 15.1. The lowest BCUT2D eigenvalue weighted by Gasteiger charge is -2.12. The number of benzene rings is 1. The van der Waals surface area contributed by atoms with Gasteiger partial charge in [-0.1, -0.05) is 30.3 Å². The number of para-hydroxylation sites is 1. The van der Waals surface area contributed by atoms with E-state index in [1.807, 2.05) is 42.5 Å². The van der Waals surface area contributed by atoms with E-state index in [1.54, 1.807) is 6.20 Å². The predicted octanol–water partition coefficient (Wildman–Crippen LogP) is 4.76. The smallest absolute Gasteiger partial charge is 0.145 e. The number of aryl methyl sites for hydroxylation is 2. The van der Waals surface area contributed by atoms with Gasteiger partial charge in [-0.15, -0.1) is 0 Å². The van der Waals surface area contributed by atoms with Crippen molar-refractivity contribution in [2.24, 2.45) is 0 Å². The second kappa shape index (κ2) is 5.81. The number of nitrogens with zero attached hydrogens (tertiary/aromatic N) is 3. The van der Waals surface area contributed by atoms with E-state index in [0.717, 1.165) is 34.2 Å². The summed E-state index contributed by atoms with van der Waals surface area (Å²) in [5.41, 5.74) is 6.00. The third-order valence-corrected chi connectivity index (χ3v) is 4.14. The molecule has 0 unspecified atom stereocenters. The fourth-order valence-electron chi connectivity index (χ4n) is 2.89. The normalized spacial score (nSPS) is 10.9. The molecule has 0 aliphatic carbocycles. The van der Waals surface area contributed by atoms with Crippen LogP contribution in [0, 0.1) is 13.8 Å². The summed E-state index contributed by atoms with van der Waals surface area (Å²) in [6, 6.07) is 20.3. The molecule has 0 saturated heterocycles. The van der Waals surface area contributed by atoms with Crippen molar-refractivity contribution in [2.45, 2.75) is 13.8 Å². The summed E-state index contributed by atoms with van der Waals surface area (Å²) in [6.07, 6.45) is 1.80. The molecule has 0 aliphatic rings. The van der Waals surface area contributed by atoms with Gasteiger partial charge in [0.25, 0.3) is 0 Å². The molecule has 3 heterocycles. The van der Waals surface area contributed by atoms with E-state index in [1.165, 1.54) is 5.56 Å². The maximum Gasteiger partial charge on any atom is 0.145 e. The van der Waals surface area contributed by atoms with Crippen LogP contribution in [-0.2, 0) is 0 Å². The van der Waals surface area contributed by atoms with E-state index in [0.29, 0.717) is 0 Å². The zero-order chi connectivity index (χ0) is 16.5. The van der Waals surface area contributed by atoms with Crippen molar-refractivity contribution in [3.63, 3.8) is 0 Å². The Morgan fingerprint density at radius 2 is 1.71 bits per heavy atom. The number of imidazole rings is 1. The highest BCUT2D eigenvalue weighted by Crippen LogP contribution is 2.31. The van der Waals surface area contributed by atoms with Gasteiger partial charge in [0.2, 0.25) is 0 Å². The molecule has 0 spiro atoms. The van der Waals surface area contributed by atoms with Crippen LogP contribution < -0.4 is 5.32 Å². The fourth-order valence-corrected chi connectivity index (χ4v) is 2.89. The predicted molar refractivity (Wildman–Crippen MR) is 97.6 cm³/mol. The van der Waals surface area contributed by atoms with Gasteiger partial charge in [0, 0.05) is 17.6 Å². The highest BCUT2D eigenvalue weighted by molar-refractivity contribution is 5.79. The van der Waals surface area contributed by atoms with Crippen molar-refractivity contribution in [3.05, 3.63) is 78.1 Å². The quantitative estimate of drug-likeness (QED) is 0.593. The van der Waals surface area contributed by atoms with Gasteiger partial charge < -0.3 is 5.32 Å². The molecule has 0 amide bonds. The molecule has 4 nitrogen and oxygen atoms in total. The van der Waals surface area contributed by atoms with Crippen LogP contribution in [0.5, 0.6) is 0 Å². The molecule has 118 valence electrons. The number of rotatable bonds is 3. The SMILES string of the molecule is Cc1ccccc1Nc1c(-c2ccccn2)nc2cccc(C)n12. The zero-order valence-electron chi connectivity index (χ0n) is 13.7. The average Bonchev–Trinajstić information content (AvgIpc) is 2.98. The molecule has 0 saturated carbocycles. The van der Waals surface area contributed by atoms with Crippen molar-refractivity contribution in [1.29, 1.82) is 0 Å². The summed E-state index contributed by atoms with van der Waals surface area (Å²) in [5.74, 6) is 0.941. The lowest BCUT2D eigenvalue weighted by atomic mass is 10.2. The minimum Gasteiger partial charge on any atom is -0.339 e. The Morgan fingerprint density at radius 1 is 0.875 bits per heavy atom. The number of pyridine rings is 2. The maximum atomic E-state index is 4.81. The Bertz CT molecular complexity index is 1000. The summed E-state index contributed by atoms with van der Waals surface area (Å²) >= 11 is 0. The van der Waals surface area contributed by atoms with Crippen LogP contribution in [0.4, 0.5) is 11.5 Å². The molecule has 4 heteroatoms. The standard InChI is InChI=1S/C20H18N4/c1-14-8-3-4-10-16(14)22-20-19(17-11-5-6-13-21-17)23-18-12-7-9-15(2)24(18)20/h3-13,22H,1-2H3. The topological polar surface area (TPSA) is 42.2 Å². The summed E-state index contributed by atoms with van der Waals surface area (Å²) in [5, 5.41) is 3.56. The maximum absolute atomic E-state index is 4.81. The van der Waals surface area contributed by atoms with E-state index in [4.69, 9.17) is 4.98 Å². The number of hydrogen-bond donors (Lipinski definition) is 1. The minimum absolute atomic E-state index is 0.855. The van der Waals surface area contributed by atoms with E-state index in [9.17, 15) is 0 Å². The number of hydrogen-bond acceptors (Lipinski definition) is 3. The van der Waals surface area contributed by atoms with Crippen molar-refractivity contribution in [2.75, 3.05) is 5.32 Å². The Kier molecular flexibility index (Phi) is 3.50. The van der Waals surface area contributed by atoms with Crippen LogP contribution in [0.3, 0.4) is 0 Å². The number of anilines is 2. The van der Waals surface area contributed by atoms with Crippen molar-refractivity contribution < 1.29 is 0 Å². The van der Waals surface area contributed by atoms with E-state index in [2.05, 4.69) is 46.7 Å². The van der Waals surface area contributed by atoms with E-state index in [-0.39, 0.29) is 0 Å². The zero-order valence-corrected chi connectivity index (χ0v) is 13.7. The molecule has 0 radical (unpaired) electrons. The lowest BCUT2D eigenvalue weighted by molar-refractivity contribution is 1.09. The molecule has 24 heavy (non-hydrogen) atoms. The molecule has 4 rings (SSSR count). The Hall–Kier alpha value is -3.14. The second-order valence-corrected chi connectivity index (χ2v) is 5.82. The summed E-state index contributed by atoms with van der Waals surface area (Å²) < 4.78 is 2.14. The van der Waals surface area contributed by atoms with Gasteiger partial charge in [0.15, 0.2) is 0 Å². The highest BCUT2D eigenvalue weighted by Gasteiger charge is 2.16. The molecule has 0 aliphatic heterocycles. The third-order valence-electron chi connectivity index (χ3n) is 4.14. The van der Waals surface area contributed by atoms with Gasteiger partial charge in [0.1, 0.15) is 17.2 Å². The first-order chi connectivity index (χ1) is 11.7. The monoisotopic (exact) mass is 314 g/mol. The first-order valence-electron chi connectivity index (χ1n) is 7.96. The first-order valence-corrected chi connectivity index (χ1v) is 7.96. The van der Waals surface area contributed by atoms with Crippen LogP contribution in [0.2, 0.25) is 0 Å². The van der Waals surface area contributed by atoms with E-state index >= 15 is 0 Å². The Labute approximate surface area is 140 Å².